The highest BCUT2D eigenvalue weighted by atomic mass is 32.2. The van der Waals surface area contributed by atoms with Crippen LogP contribution in [0.5, 0.6) is 0 Å². The lowest BCUT2D eigenvalue weighted by atomic mass is 10.0. The van der Waals surface area contributed by atoms with Crippen LogP contribution >= 0.6 is 11.8 Å². The van der Waals surface area contributed by atoms with Crippen molar-refractivity contribution in [1.29, 1.82) is 5.26 Å². The highest BCUT2D eigenvalue weighted by Crippen LogP contribution is 2.27. The fraction of sp³-hybridized carbons (Fsp3) is 0.250. The minimum absolute atomic E-state index is 0.222. The molecular weight excluding hydrogens is 301 g/mol. The molecule has 3 rings (SSSR count). The van der Waals surface area contributed by atoms with Crippen LogP contribution in [0.25, 0.3) is 5.69 Å². The lowest BCUT2D eigenvalue weighted by Gasteiger charge is -2.21. The van der Waals surface area contributed by atoms with Gasteiger partial charge >= 0.3 is 0 Å². The third kappa shape index (κ3) is 2.72. The van der Waals surface area contributed by atoms with E-state index in [1.165, 1.54) is 6.07 Å². The Labute approximate surface area is 131 Å². The van der Waals surface area contributed by atoms with Gasteiger partial charge in [-0.15, -0.1) is 0 Å². The molecule has 22 heavy (non-hydrogen) atoms. The number of nitrogens with zero attached hydrogens (tertiary/aromatic N) is 2. The van der Waals surface area contributed by atoms with Gasteiger partial charge in [0.15, 0.2) is 0 Å². The number of amides is 1. The average Bonchev–Trinajstić information content (AvgIpc) is 3.19. The number of benzene rings is 1. The zero-order chi connectivity index (χ0) is 15.6. The van der Waals surface area contributed by atoms with Crippen LogP contribution < -0.4 is 5.32 Å². The van der Waals surface area contributed by atoms with Gasteiger partial charge in [0.05, 0.1) is 11.8 Å². The molecule has 0 radical (unpaired) electrons. The first kappa shape index (κ1) is 14.7. The number of hydrogen-bond acceptors (Lipinski definition) is 3. The van der Waals surface area contributed by atoms with Gasteiger partial charge in [-0.25, -0.2) is 4.39 Å². The van der Waals surface area contributed by atoms with E-state index in [1.54, 1.807) is 53.0 Å². The maximum absolute atomic E-state index is 14.2. The van der Waals surface area contributed by atoms with Gasteiger partial charge in [-0.05, 0) is 42.5 Å². The zero-order valence-electron chi connectivity index (χ0n) is 11.8. The molecule has 0 saturated carbocycles. The normalized spacial score (nSPS) is 20.5. The fourth-order valence-electron chi connectivity index (χ4n) is 2.42. The van der Waals surface area contributed by atoms with Crippen molar-refractivity contribution in [1.82, 2.24) is 9.88 Å². The number of nitrogens with one attached hydrogen (secondary N) is 1. The molecule has 1 aliphatic rings. The Morgan fingerprint density at radius 3 is 2.77 bits per heavy atom. The minimum atomic E-state index is -0.836. The average molecular weight is 315 g/mol. The number of thioether (sulfide) groups is 1. The van der Waals surface area contributed by atoms with Gasteiger partial charge < -0.3 is 9.88 Å². The van der Waals surface area contributed by atoms with Gasteiger partial charge in [-0.2, -0.15) is 17.0 Å². The number of rotatable bonds is 3. The summed E-state index contributed by atoms with van der Waals surface area (Å²) in [6.07, 6.45) is 4.08. The van der Waals surface area contributed by atoms with Crippen molar-refractivity contribution in [2.45, 2.75) is 12.0 Å². The van der Waals surface area contributed by atoms with Crippen molar-refractivity contribution in [2.24, 2.45) is 0 Å². The van der Waals surface area contributed by atoms with Crippen molar-refractivity contribution in [3.63, 3.8) is 0 Å². The zero-order valence-corrected chi connectivity index (χ0v) is 12.6. The maximum atomic E-state index is 14.2. The van der Waals surface area contributed by atoms with Crippen molar-refractivity contribution in [3.8, 4) is 11.8 Å². The van der Waals surface area contributed by atoms with Crippen LogP contribution in [0.1, 0.15) is 16.8 Å². The van der Waals surface area contributed by atoms with Gasteiger partial charge in [0.25, 0.3) is 5.91 Å². The van der Waals surface area contributed by atoms with Gasteiger partial charge in [-0.1, -0.05) is 0 Å². The number of nitriles is 1. The van der Waals surface area contributed by atoms with E-state index >= 15 is 0 Å². The Morgan fingerprint density at radius 2 is 2.18 bits per heavy atom. The van der Waals surface area contributed by atoms with Crippen molar-refractivity contribution in [2.75, 3.05) is 11.5 Å². The first-order chi connectivity index (χ1) is 10.6. The summed E-state index contributed by atoms with van der Waals surface area (Å²) in [7, 11) is 0. The van der Waals surface area contributed by atoms with E-state index in [0.717, 1.165) is 5.75 Å². The molecule has 1 fully saturated rings. The quantitative estimate of drug-likeness (QED) is 0.947. The maximum Gasteiger partial charge on any atom is 0.252 e. The molecule has 1 amide bonds. The SMILES string of the molecule is N#CC1(NC(=O)c2ccc(-n3cccc3)c(F)c2)CCSC1. The Kier molecular flexibility index (Phi) is 3.90. The third-order valence-electron chi connectivity index (χ3n) is 3.68. The minimum Gasteiger partial charge on any atom is -0.333 e. The molecule has 6 heteroatoms. The first-order valence-corrected chi connectivity index (χ1v) is 8.03. The molecule has 1 aromatic heterocycles. The molecule has 4 nitrogen and oxygen atoms in total. The number of aromatic nitrogens is 1. The Morgan fingerprint density at radius 1 is 1.41 bits per heavy atom. The van der Waals surface area contributed by atoms with Gasteiger partial charge in [0.1, 0.15) is 11.4 Å². The second kappa shape index (κ2) is 5.85. The summed E-state index contributed by atoms with van der Waals surface area (Å²) in [5.41, 5.74) is -0.231. The molecule has 2 heterocycles. The lowest BCUT2D eigenvalue weighted by molar-refractivity contribution is 0.0925. The largest absolute Gasteiger partial charge is 0.333 e. The molecule has 1 unspecified atom stereocenters. The highest BCUT2D eigenvalue weighted by molar-refractivity contribution is 7.99. The van der Waals surface area contributed by atoms with Crippen LogP contribution in [0.3, 0.4) is 0 Å². The summed E-state index contributed by atoms with van der Waals surface area (Å²) in [5.74, 6) is 0.520. The van der Waals surface area contributed by atoms with E-state index in [1.807, 2.05) is 0 Å². The van der Waals surface area contributed by atoms with Gasteiger partial charge in [0.2, 0.25) is 0 Å². The standard InChI is InChI=1S/C16H14FN3OS/c17-13-9-12(3-4-14(13)20-6-1-2-7-20)15(21)19-16(10-18)5-8-22-11-16/h1-4,6-7,9H,5,8,11H2,(H,19,21). The predicted octanol–water partition coefficient (Wildman–Crippen LogP) is 2.75. The van der Waals surface area contributed by atoms with Crippen molar-refractivity contribution in [3.05, 3.63) is 54.1 Å². The van der Waals surface area contributed by atoms with E-state index < -0.39 is 17.3 Å². The summed E-state index contributed by atoms with van der Waals surface area (Å²) >= 11 is 1.63. The molecule has 0 spiro atoms. The number of halogens is 1. The van der Waals surface area contributed by atoms with Crippen LogP contribution in [0.4, 0.5) is 4.39 Å². The summed E-state index contributed by atoms with van der Waals surface area (Å²) in [4.78, 5) is 12.3. The van der Waals surface area contributed by atoms with Crippen LogP contribution in [-0.2, 0) is 0 Å². The van der Waals surface area contributed by atoms with Crippen molar-refractivity contribution < 1.29 is 9.18 Å². The smallest absolute Gasteiger partial charge is 0.252 e. The lowest BCUT2D eigenvalue weighted by Crippen LogP contribution is -2.47. The second-order valence-electron chi connectivity index (χ2n) is 5.21. The Hall–Kier alpha value is -2.26. The number of carbonyl (C=O) groups is 1. The molecule has 1 atom stereocenters. The predicted molar refractivity (Wildman–Crippen MR) is 83.5 cm³/mol. The Balaban J connectivity index is 1.82. The third-order valence-corrected chi connectivity index (χ3v) is 4.87. The topological polar surface area (TPSA) is 57.8 Å². The highest BCUT2D eigenvalue weighted by Gasteiger charge is 2.36. The van der Waals surface area contributed by atoms with E-state index in [2.05, 4.69) is 11.4 Å². The van der Waals surface area contributed by atoms with Gasteiger partial charge in [-0.3, -0.25) is 4.79 Å². The van der Waals surface area contributed by atoms with Crippen molar-refractivity contribution >= 4 is 17.7 Å². The first-order valence-electron chi connectivity index (χ1n) is 6.88. The fourth-order valence-corrected chi connectivity index (χ4v) is 3.69. The monoisotopic (exact) mass is 315 g/mol. The van der Waals surface area contributed by atoms with Crippen LogP contribution in [0.15, 0.2) is 42.7 Å². The van der Waals surface area contributed by atoms with Crippen LogP contribution in [-0.4, -0.2) is 27.5 Å². The summed E-state index contributed by atoms with van der Waals surface area (Å²) in [6, 6.07) is 10.1. The molecule has 1 saturated heterocycles. The number of carbonyl (C=O) groups excluding carboxylic acids is 1. The second-order valence-corrected chi connectivity index (χ2v) is 6.31. The molecule has 0 bridgehead atoms. The van der Waals surface area contributed by atoms with E-state index in [-0.39, 0.29) is 5.56 Å². The summed E-state index contributed by atoms with van der Waals surface area (Å²) < 4.78 is 15.8. The Bertz CT molecular complexity index is 730. The molecule has 112 valence electrons. The van der Waals surface area contributed by atoms with E-state index in [4.69, 9.17) is 0 Å². The van der Waals surface area contributed by atoms with Crippen LogP contribution in [0.2, 0.25) is 0 Å². The molecule has 2 aromatic rings. The van der Waals surface area contributed by atoms with E-state index in [0.29, 0.717) is 17.9 Å². The van der Waals surface area contributed by atoms with E-state index in [9.17, 15) is 14.4 Å². The molecule has 1 aromatic carbocycles. The summed E-state index contributed by atoms with van der Waals surface area (Å²) in [5, 5.41) is 12.0. The van der Waals surface area contributed by atoms with Gasteiger partial charge in [0, 0.05) is 23.7 Å². The summed E-state index contributed by atoms with van der Waals surface area (Å²) in [6.45, 7) is 0. The van der Waals surface area contributed by atoms with Crippen LogP contribution in [0, 0.1) is 17.1 Å². The molecule has 1 aliphatic heterocycles. The molecule has 0 aliphatic carbocycles. The number of hydrogen-bond donors (Lipinski definition) is 1. The molecule has 1 N–H and O–H groups in total. The molecular formula is C16H14FN3OS.